The number of hydrogen-bond donors (Lipinski definition) is 0. The first-order valence-electron chi connectivity index (χ1n) is 7.59. The van der Waals surface area contributed by atoms with Gasteiger partial charge in [-0.2, -0.15) is 0 Å². The Bertz CT molecular complexity index is 462. The first-order valence-corrected chi connectivity index (χ1v) is 7.59. The van der Waals surface area contributed by atoms with Gasteiger partial charge in [0, 0.05) is 13.1 Å². The molecule has 1 amide bonds. The molecule has 1 aromatic carbocycles. The third-order valence-electron chi connectivity index (χ3n) is 3.85. The predicted molar refractivity (Wildman–Crippen MR) is 81.2 cm³/mol. The monoisotopic (exact) mass is 275 g/mol. The van der Waals surface area contributed by atoms with Gasteiger partial charge in [0.25, 0.3) is 5.91 Å². The summed E-state index contributed by atoms with van der Waals surface area (Å²) >= 11 is 0. The maximum absolute atomic E-state index is 12.1. The number of ether oxygens (including phenoxy) is 1. The normalized spacial score (nSPS) is 15.5. The Morgan fingerprint density at radius 1 is 1.25 bits per heavy atom. The molecule has 110 valence electrons. The van der Waals surface area contributed by atoms with Crippen LogP contribution in [0, 0.1) is 6.92 Å². The van der Waals surface area contributed by atoms with E-state index in [4.69, 9.17) is 4.74 Å². The zero-order valence-corrected chi connectivity index (χ0v) is 12.8. The van der Waals surface area contributed by atoms with Crippen molar-refractivity contribution >= 4 is 5.91 Å². The Balaban J connectivity index is 1.99. The highest BCUT2D eigenvalue weighted by molar-refractivity contribution is 5.77. The van der Waals surface area contributed by atoms with Crippen molar-refractivity contribution in [3.05, 3.63) is 29.3 Å². The van der Waals surface area contributed by atoms with Gasteiger partial charge in [0.1, 0.15) is 5.75 Å². The van der Waals surface area contributed by atoms with E-state index in [2.05, 4.69) is 26.0 Å². The van der Waals surface area contributed by atoms with Crippen LogP contribution >= 0.6 is 0 Å². The Morgan fingerprint density at radius 3 is 2.60 bits per heavy atom. The van der Waals surface area contributed by atoms with E-state index < -0.39 is 0 Å². The quantitative estimate of drug-likeness (QED) is 0.841. The van der Waals surface area contributed by atoms with Crippen molar-refractivity contribution in [2.75, 3.05) is 19.7 Å². The van der Waals surface area contributed by atoms with E-state index in [1.165, 1.54) is 12.0 Å². The van der Waals surface area contributed by atoms with Crippen LogP contribution in [0.3, 0.4) is 0 Å². The highest BCUT2D eigenvalue weighted by atomic mass is 16.5. The zero-order valence-electron chi connectivity index (χ0n) is 12.8. The number of benzene rings is 1. The molecule has 0 aliphatic carbocycles. The molecule has 0 radical (unpaired) electrons. The van der Waals surface area contributed by atoms with E-state index in [-0.39, 0.29) is 12.5 Å². The minimum absolute atomic E-state index is 0.112. The molecule has 2 rings (SSSR count). The molecule has 0 aromatic heterocycles. The predicted octanol–water partition coefficient (Wildman–Crippen LogP) is 3.51. The topological polar surface area (TPSA) is 29.5 Å². The van der Waals surface area contributed by atoms with Gasteiger partial charge in [-0.3, -0.25) is 4.79 Å². The fourth-order valence-corrected chi connectivity index (χ4v) is 2.62. The van der Waals surface area contributed by atoms with Crippen molar-refractivity contribution in [2.24, 2.45) is 0 Å². The van der Waals surface area contributed by atoms with Crippen LogP contribution in [0.15, 0.2) is 18.2 Å². The zero-order chi connectivity index (χ0) is 14.5. The van der Waals surface area contributed by atoms with Crippen molar-refractivity contribution in [1.29, 1.82) is 0 Å². The molecule has 1 aromatic rings. The van der Waals surface area contributed by atoms with Crippen LogP contribution in [0.25, 0.3) is 0 Å². The molecule has 0 spiro atoms. The molecular weight excluding hydrogens is 250 g/mol. The van der Waals surface area contributed by atoms with Crippen LogP contribution < -0.4 is 4.74 Å². The number of rotatable bonds is 4. The van der Waals surface area contributed by atoms with Gasteiger partial charge in [0.05, 0.1) is 0 Å². The van der Waals surface area contributed by atoms with Crippen LogP contribution in [0.5, 0.6) is 5.75 Å². The first kappa shape index (κ1) is 14.9. The maximum Gasteiger partial charge on any atom is 0.260 e. The summed E-state index contributed by atoms with van der Waals surface area (Å²) in [6.07, 6.45) is 3.47. The lowest BCUT2D eigenvalue weighted by Crippen LogP contribution is -2.38. The Kier molecular flexibility index (Phi) is 5.05. The number of aryl methyl sites for hydroxylation is 1. The van der Waals surface area contributed by atoms with E-state index in [0.29, 0.717) is 5.92 Å². The molecule has 0 saturated carbocycles. The second kappa shape index (κ2) is 6.78. The largest absolute Gasteiger partial charge is 0.483 e. The number of carbonyl (C=O) groups excluding carboxylic acids is 1. The summed E-state index contributed by atoms with van der Waals surface area (Å²) in [7, 11) is 0. The SMILES string of the molecule is Cc1ccc(C(C)C)c(OCC(=O)N2CCCCC2)c1. The molecule has 1 aliphatic heterocycles. The molecule has 3 nitrogen and oxygen atoms in total. The number of nitrogens with zero attached hydrogens (tertiary/aromatic N) is 1. The van der Waals surface area contributed by atoms with Crippen LogP contribution in [-0.2, 0) is 4.79 Å². The summed E-state index contributed by atoms with van der Waals surface area (Å²) < 4.78 is 5.80. The molecular formula is C17H25NO2. The average molecular weight is 275 g/mol. The van der Waals surface area contributed by atoms with Crippen LogP contribution in [-0.4, -0.2) is 30.5 Å². The summed E-state index contributed by atoms with van der Waals surface area (Å²) in [5.74, 6) is 1.36. The van der Waals surface area contributed by atoms with Gasteiger partial charge in [0.2, 0.25) is 0 Å². The van der Waals surface area contributed by atoms with E-state index in [1.807, 2.05) is 17.9 Å². The summed E-state index contributed by atoms with van der Waals surface area (Å²) in [6.45, 7) is 8.25. The third kappa shape index (κ3) is 3.75. The number of likely N-dealkylation sites (tertiary alicyclic amines) is 1. The van der Waals surface area contributed by atoms with Crippen molar-refractivity contribution in [2.45, 2.75) is 46.0 Å². The Hall–Kier alpha value is -1.51. The molecule has 20 heavy (non-hydrogen) atoms. The molecule has 1 saturated heterocycles. The molecule has 1 aliphatic rings. The number of carbonyl (C=O) groups is 1. The van der Waals surface area contributed by atoms with E-state index in [9.17, 15) is 4.79 Å². The second-order valence-corrected chi connectivity index (χ2v) is 5.93. The number of hydrogen-bond acceptors (Lipinski definition) is 2. The fourth-order valence-electron chi connectivity index (χ4n) is 2.62. The number of piperidine rings is 1. The summed E-state index contributed by atoms with van der Waals surface area (Å²) in [6, 6.07) is 6.22. The van der Waals surface area contributed by atoms with Crippen molar-refractivity contribution in [3.8, 4) is 5.75 Å². The Morgan fingerprint density at radius 2 is 1.95 bits per heavy atom. The minimum Gasteiger partial charge on any atom is -0.483 e. The van der Waals surface area contributed by atoms with Crippen LogP contribution in [0.1, 0.15) is 50.2 Å². The number of amides is 1. The van der Waals surface area contributed by atoms with Gasteiger partial charge < -0.3 is 9.64 Å². The van der Waals surface area contributed by atoms with Crippen molar-refractivity contribution < 1.29 is 9.53 Å². The fraction of sp³-hybridized carbons (Fsp3) is 0.588. The standard InChI is InChI=1S/C17H25NO2/c1-13(2)15-8-7-14(3)11-16(15)20-12-17(19)18-9-5-4-6-10-18/h7-8,11,13H,4-6,9-10,12H2,1-3H3. The van der Waals surface area contributed by atoms with Gasteiger partial charge in [0.15, 0.2) is 6.61 Å². The lowest BCUT2D eigenvalue weighted by Gasteiger charge is -2.27. The third-order valence-corrected chi connectivity index (χ3v) is 3.85. The van der Waals surface area contributed by atoms with Gasteiger partial charge in [-0.15, -0.1) is 0 Å². The molecule has 0 unspecified atom stereocenters. The van der Waals surface area contributed by atoms with E-state index in [1.54, 1.807) is 0 Å². The van der Waals surface area contributed by atoms with Gasteiger partial charge in [-0.1, -0.05) is 26.0 Å². The Labute approximate surface area is 121 Å². The molecule has 0 N–H and O–H groups in total. The maximum atomic E-state index is 12.1. The highest BCUT2D eigenvalue weighted by Gasteiger charge is 2.17. The van der Waals surface area contributed by atoms with Crippen LogP contribution in [0.4, 0.5) is 0 Å². The molecule has 3 heteroatoms. The van der Waals surface area contributed by atoms with E-state index in [0.717, 1.165) is 37.2 Å². The summed E-state index contributed by atoms with van der Waals surface area (Å²) in [5.41, 5.74) is 2.33. The van der Waals surface area contributed by atoms with Gasteiger partial charge in [-0.05, 0) is 49.3 Å². The lowest BCUT2D eigenvalue weighted by atomic mass is 10.0. The molecule has 1 fully saturated rings. The van der Waals surface area contributed by atoms with Crippen molar-refractivity contribution in [3.63, 3.8) is 0 Å². The molecule has 0 atom stereocenters. The second-order valence-electron chi connectivity index (χ2n) is 5.93. The molecule has 1 heterocycles. The molecule has 0 bridgehead atoms. The lowest BCUT2D eigenvalue weighted by molar-refractivity contribution is -0.134. The summed E-state index contributed by atoms with van der Waals surface area (Å²) in [4.78, 5) is 14.1. The van der Waals surface area contributed by atoms with Crippen molar-refractivity contribution in [1.82, 2.24) is 4.90 Å². The minimum atomic E-state index is 0.112. The highest BCUT2D eigenvalue weighted by Crippen LogP contribution is 2.27. The first-order chi connectivity index (χ1) is 9.58. The van der Waals surface area contributed by atoms with E-state index >= 15 is 0 Å². The van der Waals surface area contributed by atoms with Gasteiger partial charge in [-0.25, -0.2) is 0 Å². The summed E-state index contributed by atoms with van der Waals surface area (Å²) in [5, 5.41) is 0. The van der Waals surface area contributed by atoms with Gasteiger partial charge >= 0.3 is 0 Å². The average Bonchev–Trinajstić information content (AvgIpc) is 2.45. The smallest absolute Gasteiger partial charge is 0.260 e. The van der Waals surface area contributed by atoms with Crippen LogP contribution in [0.2, 0.25) is 0 Å².